The quantitative estimate of drug-likeness (QED) is 0.623. The van der Waals surface area contributed by atoms with Gasteiger partial charge in [-0.1, -0.05) is 23.7 Å². The molecular weight excluding hydrogens is 402 g/mol. The topological polar surface area (TPSA) is 96.3 Å². The minimum absolute atomic E-state index is 0.000909. The lowest BCUT2D eigenvalue weighted by atomic mass is 10.3. The summed E-state index contributed by atoms with van der Waals surface area (Å²) in [5.41, 5.74) is 1.54. The molecule has 0 aliphatic carbocycles. The van der Waals surface area contributed by atoms with E-state index in [4.69, 9.17) is 11.6 Å². The van der Waals surface area contributed by atoms with Gasteiger partial charge in [0.1, 0.15) is 4.83 Å². The van der Waals surface area contributed by atoms with Crippen molar-refractivity contribution in [1.82, 2.24) is 25.3 Å². The zero-order chi connectivity index (χ0) is 19.8. The lowest BCUT2D eigenvalue weighted by Gasteiger charge is -2.12. The molecule has 2 aromatic heterocycles. The van der Waals surface area contributed by atoms with Gasteiger partial charge >= 0.3 is 6.03 Å². The van der Waals surface area contributed by atoms with Gasteiger partial charge in [0.05, 0.1) is 27.8 Å². The van der Waals surface area contributed by atoms with Gasteiger partial charge in [-0.2, -0.15) is 5.10 Å². The van der Waals surface area contributed by atoms with Gasteiger partial charge in [-0.3, -0.25) is 14.5 Å². The lowest BCUT2D eigenvalue weighted by Crippen LogP contribution is -2.38. The maximum atomic E-state index is 12.5. The number of para-hydroxylation sites is 1. The first-order chi connectivity index (χ1) is 13.5. The van der Waals surface area contributed by atoms with Crippen molar-refractivity contribution in [1.29, 1.82) is 0 Å². The smallest absolute Gasteiger partial charge is 0.324 e. The third kappa shape index (κ3) is 3.23. The summed E-state index contributed by atoms with van der Waals surface area (Å²) in [6.45, 7) is 2.19. The molecule has 8 nitrogen and oxygen atoms in total. The summed E-state index contributed by atoms with van der Waals surface area (Å²) in [5.74, 6) is -0.560. The number of urea groups is 1. The molecule has 4 amide bonds. The lowest BCUT2D eigenvalue weighted by molar-refractivity contribution is -0.124. The summed E-state index contributed by atoms with van der Waals surface area (Å²) in [6.07, 6.45) is 0. The van der Waals surface area contributed by atoms with E-state index in [-0.39, 0.29) is 31.4 Å². The zero-order valence-corrected chi connectivity index (χ0v) is 16.4. The maximum absolute atomic E-state index is 12.5. The molecule has 3 heterocycles. The molecule has 2 N–H and O–H groups in total. The molecule has 0 radical (unpaired) electrons. The Morgan fingerprint density at radius 3 is 2.86 bits per heavy atom. The largest absolute Gasteiger partial charge is 0.350 e. The number of imide groups is 1. The Morgan fingerprint density at radius 2 is 2.14 bits per heavy atom. The van der Waals surface area contributed by atoms with Gasteiger partial charge in [0.25, 0.3) is 5.91 Å². The Bertz CT molecular complexity index is 1090. The molecule has 1 saturated heterocycles. The van der Waals surface area contributed by atoms with Crippen molar-refractivity contribution in [3.63, 3.8) is 0 Å². The van der Waals surface area contributed by atoms with E-state index < -0.39 is 6.03 Å². The van der Waals surface area contributed by atoms with Crippen LogP contribution < -0.4 is 10.6 Å². The SMILES string of the molecule is Cc1nn(-c2ccccc2Cl)c2sc(C(=O)NCCN3C(=O)CNC3=O)cc12. The molecule has 1 fully saturated rings. The fourth-order valence-electron chi connectivity index (χ4n) is 3.00. The summed E-state index contributed by atoms with van der Waals surface area (Å²) in [7, 11) is 0. The van der Waals surface area contributed by atoms with Crippen LogP contribution in [0.25, 0.3) is 15.9 Å². The number of halogens is 1. The van der Waals surface area contributed by atoms with Crippen molar-refractivity contribution in [2.75, 3.05) is 19.6 Å². The van der Waals surface area contributed by atoms with E-state index in [1.165, 1.54) is 11.3 Å². The van der Waals surface area contributed by atoms with Crippen molar-refractivity contribution in [3.8, 4) is 5.69 Å². The fraction of sp³-hybridized carbons (Fsp3) is 0.222. The number of nitrogens with zero attached hydrogens (tertiary/aromatic N) is 3. The summed E-state index contributed by atoms with van der Waals surface area (Å²) >= 11 is 7.60. The molecule has 1 aliphatic heterocycles. The van der Waals surface area contributed by atoms with Gasteiger partial charge in [0.15, 0.2) is 0 Å². The van der Waals surface area contributed by atoms with E-state index in [0.717, 1.165) is 26.5 Å². The molecule has 0 saturated carbocycles. The number of carbonyl (C=O) groups excluding carboxylic acids is 3. The van der Waals surface area contributed by atoms with E-state index in [1.807, 2.05) is 25.1 Å². The number of carbonyl (C=O) groups is 3. The van der Waals surface area contributed by atoms with Crippen LogP contribution in [-0.4, -0.2) is 52.2 Å². The highest BCUT2D eigenvalue weighted by atomic mass is 35.5. The van der Waals surface area contributed by atoms with E-state index in [0.29, 0.717) is 9.90 Å². The van der Waals surface area contributed by atoms with Gasteiger partial charge in [-0.05, 0) is 25.1 Å². The number of aromatic nitrogens is 2. The Morgan fingerprint density at radius 1 is 1.36 bits per heavy atom. The molecule has 3 aromatic rings. The summed E-state index contributed by atoms with van der Waals surface area (Å²) < 4.78 is 1.74. The van der Waals surface area contributed by atoms with Crippen molar-refractivity contribution < 1.29 is 14.4 Å². The second-order valence-corrected chi connectivity index (χ2v) is 7.68. The van der Waals surface area contributed by atoms with Gasteiger partial charge in [-0.25, -0.2) is 9.48 Å². The first-order valence-corrected chi connectivity index (χ1v) is 9.75. The Hall–Kier alpha value is -2.91. The average Bonchev–Trinajstić information content (AvgIpc) is 3.33. The van der Waals surface area contributed by atoms with Crippen LogP contribution in [0.3, 0.4) is 0 Å². The predicted molar refractivity (Wildman–Crippen MR) is 106 cm³/mol. The van der Waals surface area contributed by atoms with Crippen molar-refractivity contribution in [2.24, 2.45) is 0 Å². The average molecular weight is 418 g/mol. The first-order valence-electron chi connectivity index (χ1n) is 8.56. The molecular formula is C18H16ClN5O3S. The van der Waals surface area contributed by atoms with Crippen molar-refractivity contribution >= 4 is 51.0 Å². The van der Waals surface area contributed by atoms with Crippen LogP contribution in [0.5, 0.6) is 0 Å². The molecule has 0 bridgehead atoms. The molecule has 0 spiro atoms. The summed E-state index contributed by atoms with van der Waals surface area (Å²) in [6, 6.07) is 8.73. The number of amides is 4. The number of thiophene rings is 1. The van der Waals surface area contributed by atoms with Gasteiger partial charge < -0.3 is 10.6 Å². The molecule has 1 aliphatic rings. The van der Waals surface area contributed by atoms with Crippen LogP contribution in [0.4, 0.5) is 4.79 Å². The highest BCUT2D eigenvalue weighted by Gasteiger charge is 2.28. The molecule has 4 rings (SSSR count). The fourth-order valence-corrected chi connectivity index (χ4v) is 4.30. The number of benzene rings is 1. The van der Waals surface area contributed by atoms with Crippen LogP contribution in [0, 0.1) is 6.92 Å². The zero-order valence-electron chi connectivity index (χ0n) is 14.9. The normalized spacial score (nSPS) is 14.0. The number of fused-ring (bicyclic) bond motifs is 1. The predicted octanol–water partition coefficient (Wildman–Crippen LogP) is 2.33. The Labute approximate surface area is 169 Å². The second-order valence-electron chi connectivity index (χ2n) is 6.24. The molecule has 0 unspecified atom stereocenters. The van der Waals surface area contributed by atoms with Crippen molar-refractivity contribution in [2.45, 2.75) is 6.92 Å². The number of rotatable bonds is 5. The third-order valence-electron chi connectivity index (χ3n) is 4.41. The minimum Gasteiger partial charge on any atom is -0.350 e. The van der Waals surface area contributed by atoms with Gasteiger partial charge in [0, 0.05) is 18.5 Å². The third-order valence-corrected chi connectivity index (χ3v) is 5.84. The van der Waals surface area contributed by atoms with Gasteiger partial charge in [0.2, 0.25) is 5.91 Å². The standard InChI is InChI=1S/C18H16ClN5O3S/c1-10-11-8-14(16(26)20-6-7-23-15(25)9-21-18(23)27)28-17(11)24(22-10)13-5-3-2-4-12(13)19/h2-5,8H,6-7,9H2,1H3,(H,20,26)(H,21,27). The number of aryl methyl sites for hydroxylation is 1. The van der Waals surface area contributed by atoms with Crippen molar-refractivity contribution in [3.05, 3.63) is 45.9 Å². The van der Waals surface area contributed by atoms with E-state index >= 15 is 0 Å². The maximum Gasteiger partial charge on any atom is 0.324 e. The monoisotopic (exact) mass is 417 g/mol. The molecule has 144 valence electrons. The highest BCUT2D eigenvalue weighted by molar-refractivity contribution is 7.20. The minimum atomic E-state index is -0.434. The van der Waals surface area contributed by atoms with Crippen LogP contribution in [0.15, 0.2) is 30.3 Å². The van der Waals surface area contributed by atoms with E-state index in [9.17, 15) is 14.4 Å². The van der Waals surface area contributed by atoms with E-state index in [2.05, 4.69) is 15.7 Å². The molecule has 28 heavy (non-hydrogen) atoms. The highest BCUT2D eigenvalue weighted by Crippen LogP contribution is 2.32. The molecule has 1 aromatic carbocycles. The first kappa shape index (κ1) is 18.5. The number of nitrogens with one attached hydrogen (secondary N) is 2. The molecule has 0 atom stereocenters. The van der Waals surface area contributed by atoms with Crippen LogP contribution in [0.2, 0.25) is 5.02 Å². The number of hydrogen-bond acceptors (Lipinski definition) is 5. The summed E-state index contributed by atoms with van der Waals surface area (Å²) in [5, 5.41) is 11.2. The Balaban J connectivity index is 1.52. The second kappa shape index (κ2) is 7.25. The van der Waals surface area contributed by atoms with Crippen LogP contribution >= 0.6 is 22.9 Å². The number of hydrogen-bond donors (Lipinski definition) is 2. The molecule has 10 heteroatoms. The van der Waals surface area contributed by atoms with Crippen LogP contribution in [-0.2, 0) is 4.79 Å². The summed E-state index contributed by atoms with van der Waals surface area (Å²) in [4.78, 5) is 38.0. The van der Waals surface area contributed by atoms with Crippen LogP contribution in [0.1, 0.15) is 15.4 Å². The van der Waals surface area contributed by atoms with E-state index in [1.54, 1.807) is 16.8 Å². The van der Waals surface area contributed by atoms with Gasteiger partial charge in [-0.15, -0.1) is 11.3 Å². The Kier molecular flexibility index (Phi) is 4.78.